The Morgan fingerprint density at radius 1 is 1.77 bits per heavy atom. The first-order valence-electron chi connectivity index (χ1n) is 4.10. The van der Waals surface area contributed by atoms with Gasteiger partial charge in [0.25, 0.3) is 0 Å². The van der Waals surface area contributed by atoms with Crippen molar-refractivity contribution in [3.05, 3.63) is 0 Å². The Kier molecular flexibility index (Phi) is 3.86. The summed E-state index contributed by atoms with van der Waals surface area (Å²) in [6.45, 7) is 1.95. The molecule has 13 heavy (non-hydrogen) atoms. The van der Waals surface area contributed by atoms with Crippen molar-refractivity contribution in [3.63, 3.8) is 0 Å². The van der Waals surface area contributed by atoms with Crippen molar-refractivity contribution in [1.82, 2.24) is 10.7 Å². The molecule has 0 aromatic carbocycles. The molecule has 76 valence electrons. The fraction of sp³-hybridized carbons (Fsp3) is 0.857. The molecule has 1 saturated heterocycles. The number of thiocarbonyl (C=S) groups is 1. The van der Waals surface area contributed by atoms with E-state index in [0.717, 1.165) is 13.0 Å². The number of hydrogen-bond acceptors (Lipinski definition) is 4. The lowest BCUT2D eigenvalue weighted by Crippen LogP contribution is -2.49. The standard InChI is InChI=1S/C7H15N3O2S/c1-11-7(2-3-12-5-7)4-9-6(13)10-8/h2-5,8H2,1H3,(H2,9,10,13). The first-order valence-corrected chi connectivity index (χ1v) is 4.50. The summed E-state index contributed by atoms with van der Waals surface area (Å²) in [6.07, 6.45) is 0.879. The summed E-state index contributed by atoms with van der Waals surface area (Å²) in [4.78, 5) is 0. The lowest BCUT2D eigenvalue weighted by Gasteiger charge is -2.26. The molecule has 1 fully saturated rings. The quantitative estimate of drug-likeness (QED) is 0.316. The van der Waals surface area contributed by atoms with Crippen LogP contribution in [0.4, 0.5) is 0 Å². The summed E-state index contributed by atoms with van der Waals surface area (Å²) in [5.41, 5.74) is 2.11. The summed E-state index contributed by atoms with van der Waals surface area (Å²) >= 11 is 4.84. The largest absolute Gasteiger partial charge is 0.378 e. The number of ether oxygens (including phenoxy) is 2. The maximum Gasteiger partial charge on any atom is 0.180 e. The van der Waals surface area contributed by atoms with Crippen LogP contribution in [0, 0.1) is 0 Å². The molecule has 0 saturated carbocycles. The summed E-state index contributed by atoms with van der Waals surface area (Å²) < 4.78 is 10.6. The Morgan fingerprint density at radius 3 is 3.00 bits per heavy atom. The van der Waals surface area contributed by atoms with Crippen molar-refractivity contribution >= 4 is 17.3 Å². The van der Waals surface area contributed by atoms with Gasteiger partial charge >= 0.3 is 0 Å². The molecule has 0 aliphatic carbocycles. The van der Waals surface area contributed by atoms with Gasteiger partial charge in [0.2, 0.25) is 0 Å². The van der Waals surface area contributed by atoms with Crippen LogP contribution in [0.5, 0.6) is 0 Å². The van der Waals surface area contributed by atoms with Gasteiger partial charge in [-0.1, -0.05) is 0 Å². The highest BCUT2D eigenvalue weighted by molar-refractivity contribution is 7.80. The third kappa shape index (κ3) is 2.77. The third-order valence-electron chi connectivity index (χ3n) is 2.20. The topological polar surface area (TPSA) is 68.5 Å². The molecule has 1 aliphatic rings. The van der Waals surface area contributed by atoms with Gasteiger partial charge in [-0.15, -0.1) is 0 Å². The van der Waals surface area contributed by atoms with Crippen molar-refractivity contribution in [3.8, 4) is 0 Å². The van der Waals surface area contributed by atoms with Gasteiger partial charge < -0.3 is 20.2 Å². The van der Waals surface area contributed by atoms with Crippen LogP contribution in [-0.4, -0.2) is 37.6 Å². The fourth-order valence-electron chi connectivity index (χ4n) is 1.25. The third-order valence-corrected chi connectivity index (χ3v) is 2.46. The van der Waals surface area contributed by atoms with Crippen LogP contribution in [0.2, 0.25) is 0 Å². The number of hydrogen-bond donors (Lipinski definition) is 3. The molecule has 0 aromatic heterocycles. The van der Waals surface area contributed by atoms with E-state index in [2.05, 4.69) is 10.7 Å². The molecular formula is C7H15N3O2S. The van der Waals surface area contributed by atoms with E-state index in [1.807, 2.05) is 0 Å². The monoisotopic (exact) mass is 205 g/mol. The van der Waals surface area contributed by atoms with Gasteiger partial charge in [-0.3, -0.25) is 0 Å². The van der Waals surface area contributed by atoms with Crippen molar-refractivity contribution in [2.75, 3.05) is 26.9 Å². The average Bonchev–Trinajstić information content (AvgIpc) is 2.63. The Labute approximate surface area is 82.9 Å². The normalized spacial score (nSPS) is 27.2. The molecule has 1 unspecified atom stereocenters. The second kappa shape index (κ2) is 4.71. The highest BCUT2D eigenvalue weighted by Crippen LogP contribution is 2.21. The number of hydrazine groups is 1. The van der Waals surface area contributed by atoms with Crippen LogP contribution in [0.3, 0.4) is 0 Å². The molecule has 0 amide bonds. The number of rotatable bonds is 3. The molecule has 5 nitrogen and oxygen atoms in total. The fourth-order valence-corrected chi connectivity index (χ4v) is 1.33. The van der Waals surface area contributed by atoms with Gasteiger partial charge in [-0.05, 0) is 12.2 Å². The molecule has 1 heterocycles. The minimum Gasteiger partial charge on any atom is -0.378 e. The number of nitrogens with two attached hydrogens (primary N) is 1. The van der Waals surface area contributed by atoms with E-state index in [-0.39, 0.29) is 5.60 Å². The van der Waals surface area contributed by atoms with Crippen LogP contribution < -0.4 is 16.6 Å². The summed E-state index contributed by atoms with van der Waals surface area (Å²) in [7, 11) is 1.68. The molecule has 6 heteroatoms. The maximum absolute atomic E-state index is 5.38. The Morgan fingerprint density at radius 2 is 2.54 bits per heavy atom. The van der Waals surface area contributed by atoms with Crippen LogP contribution in [0.15, 0.2) is 0 Å². The van der Waals surface area contributed by atoms with Crippen LogP contribution >= 0.6 is 12.2 Å². The van der Waals surface area contributed by atoms with Crippen molar-refractivity contribution in [1.29, 1.82) is 0 Å². The molecule has 1 aliphatic heterocycles. The first-order chi connectivity index (χ1) is 6.22. The second-order valence-corrected chi connectivity index (χ2v) is 3.42. The van der Waals surface area contributed by atoms with E-state index in [1.165, 1.54) is 0 Å². The lowest BCUT2D eigenvalue weighted by molar-refractivity contribution is -0.0126. The highest BCUT2D eigenvalue weighted by atomic mass is 32.1. The van der Waals surface area contributed by atoms with Crippen molar-refractivity contribution in [2.45, 2.75) is 12.0 Å². The first kappa shape index (κ1) is 10.6. The smallest absolute Gasteiger partial charge is 0.180 e. The van der Waals surface area contributed by atoms with Gasteiger partial charge in [-0.2, -0.15) is 0 Å². The predicted octanol–water partition coefficient (Wildman–Crippen LogP) is -0.870. The predicted molar refractivity (Wildman–Crippen MR) is 53.1 cm³/mol. The number of methoxy groups -OCH3 is 1. The van der Waals surface area contributed by atoms with Gasteiger partial charge in [0.15, 0.2) is 5.11 Å². The van der Waals surface area contributed by atoms with Gasteiger partial charge in [0, 0.05) is 26.7 Å². The van der Waals surface area contributed by atoms with E-state index in [9.17, 15) is 0 Å². The van der Waals surface area contributed by atoms with Gasteiger partial charge in [0.1, 0.15) is 5.60 Å². The van der Waals surface area contributed by atoms with E-state index in [1.54, 1.807) is 7.11 Å². The summed E-state index contributed by atoms with van der Waals surface area (Å²) in [6, 6.07) is 0. The Hall–Kier alpha value is -0.430. The van der Waals surface area contributed by atoms with Gasteiger partial charge in [-0.25, -0.2) is 5.84 Å². The van der Waals surface area contributed by atoms with E-state index in [4.69, 9.17) is 27.5 Å². The summed E-state index contributed by atoms with van der Waals surface area (Å²) in [5.74, 6) is 5.12. The van der Waals surface area contributed by atoms with Crippen molar-refractivity contribution in [2.24, 2.45) is 5.84 Å². The minimum atomic E-state index is -0.249. The lowest BCUT2D eigenvalue weighted by atomic mass is 10.0. The highest BCUT2D eigenvalue weighted by Gasteiger charge is 2.34. The van der Waals surface area contributed by atoms with Crippen LogP contribution in [0.1, 0.15) is 6.42 Å². The zero-order valence-corrected chi connectivity index (χ0v) is 8.45. The van der Waals surface area contributed by atoms with Crippen molar-refractivity contribution < 1.29 is 9.47 Å². The van der Waals surface area contributed by atoms with E-state index < -0.39 is 0 Å². The molecule has 0 aromatic rings. The Balaban J connectivity index is 2.35. The van der Waals surface area contributed by atoms with E-state index in [0.29, 0.717) is 18.3 Å². The Bertz CT molecular complexity index is 183. The molecule has 4 N–H and O–H groups in total. The van der Waals surface area contributed by atoms with Crippen LogP contribution in [0.25, 0.3) is 0 Å². The SMILES string of the molecule is COC1(CNC(=S)NN)CCOC1. The summed E-state index contributed by atoms with van der Waals surface area (Å²) in [5, 5.41) is 3.38. The number of nitrogens with one attached hydrogen (secondary N) is 2. The molecule has 1 atom stereocenters. The molecule has 0 radical (unpaired) electrons. The molecule has 0 bridgehead atoms. The molecule has 0 spiro atoms. The van der Waals surface area contributed by atoms with E-state index >= 15 is 0 Å². The molecular weight excluding hydrogens is 190 g/mol. The second-order valence-electron chi connectivity index (χ2n) is 3.02. The van der Waals surface area contributed by atoms with Gasteiger partial charge in [0.05, 0.1) is 6.61 Å². The van der Waals surface area contributed by atoms with Crippen LogP contribution in [-0.2, 0) is 9.47 Å². The maximum atomic E-state index is 5.38. The minimum absolute atomic E-state index is 0.249. The zero-order chi connectivity index (χ0) is 9.73. The zero-order valence-electron chi connectivity index (χ0n) is 7.63. The average molecular weight is 205 g/mol. The molecule has 1 rings (SSSR count).